The molecule has 0 spiro atoms. The van der Waals surface area contributed by atoms with Gasteiger partial charge in [-0.15, -0.1) is 0 Å². The topological polar surface area (TPSA) is 99.6 Å². The van der Waals surface area contributed by atoms with Gasteiger partial charge in [-0.2, -0.15) is 18.3 Å². The molecule has 3 aromatic rings. The maximum atomic E-state index is 13.3. The smallest absolute Gasteiger partial charge is 0.323 e. The molecule has 1 aliphatic carbocycles. The maximum absolute atomic E-state index is 13.3. The number of hydrogen-bond donors (Lipinski definition) is 2. The van der Waals surface area contributed by atoms with Crippen LogP contribution in [-0.4, -0.2) is 52.2 Å². The van der Waals surface area contributed by atoms with Gasteiger partial charge in [-0.25, -0.2) is 4.79 Å². The van der Waals surface area contributed by atoms with Crippen molar-refractivity contribution in [2.45, 2.75) is 43.9 Å². The van der Waals surface area contributed by atoms with Crippen molar-refractivity contribution in [2.75, 3.05) is 29.9 Å². The Kier molecular flexibility index (Phi) is 7.86. The van der Waals surface area contributed by atoms with Crippen molar-refractivity contribution < 1.29 is 27.6 Å². The summed E-state index contributed by atoms with van der Waals surface area (Å²) in [5, 5.41) is 9.31. The molecule has 0 radical (unpaired) electrons. The minimum absolute atomic E-state index is 0.124. The molecule has 6 rings (SSSR count). The van der Waals surface area contributed by atoms with Crippen LogP contribution >= 0.6 is 11.6 Å². The van der Waals surface area contributed by atoms with Crippen LogP contribution in [0.4, 0.5) is 29.3 Å². The van der Waals surface area contributed by atoms with Crippen molar-refractivity contribution in [3.8, 4) is 11.8 Å². The standard InChI is InChI=1S/C31H28ClF3N6O3/c32-25-14-23(31(33,34)35)6-9-26(25)37-28(43)30(11-1-12-30)41-19-22(15-36-41)18-39-16-21(17-39)3-2-20-4-7-24(8-5-20)40-13-10-27(42)38-29(40)44/h4-9,14-15,19,21H,1,10-13,16-18H2,(H,37,43)(H,38,42,44). The van der Waals surface area contributed by atoms with Crippen molar-refractivity contribution in [1.29, 1.82) is 0 Å². The molecule has 3 aliphatic rings. The zero-order valence-electron chi connectivity index (χ0n) is 23.5. The van der Waals surface area contributed by atoms with Crippen LogP contribution in [0.25, 0.3) is 0 Å². The predicted molar refractivity (Wildman–Crippen MR) is 157 cm³/mol. The Bertz CT molecular complexity index is 1670. The Balaban J connectivity index is 1.02. The fourth-order valence-corrected chi connectivity index (χ4v) is 5.78. The van der Waals surface area contributed by atoms with E-state index in [2.05, 4.69) is 32.5 Å². The molecule has 0 bridgehead atoms. The van der Waals surface area contributed by atoms with Gasteiger partial charge in [0.15, 0.2) is 0 Å². The van der Waals surface area contributed by atoms with Gasteiger partial charge in [-0.05, 0) is 61.7 Å². The lowest BCUT2D eigenvalue weighted by Gasteiger charge is -2.40. The molecule has 1 saturated carbocycles. The lowest BCUT2D eigenvalue weighted by atomic mass is 9.76. The van der Waals surface area contributed by atoms with E-state index in [4.69, 9.17) is 11.6 Å². The summed E-state index contributed by atoms with van der Waals surface area (Å²) in [4.78, 5) is 40.4. The number of carbonyl (C=O) groups is 3. The van der Waals surface area contributed by atoms with E-state index in [-0.39, 0.29) is 34.9 Å². The molecule has 0 unspecified atom stereocenters. The molecular weight excluding hydrogens is 597 g/mol. The number of likely N-dealkylation sites (tertiary alicyclic amines) is 1. The quantitative estimate of drug-likeness (QED) is 0.376. The van der Waals surface area contributed by atoms with Gasteiger partial charge in [0.05, 0.1) is 22.5 Å². The van der Waals surface area contributed by atoms with Crippen LogP contribution in [0.15, 0.2) is 54.9 Å². The fraction of sp³-hybridized carbons (Fsp3) is 0.355. The molecule has 2 saturated heterocycles. The molecular formula is C31H28ClF3N6O3. The third kappa shape index (κ3) is 6.02. The number of aromatic nitrogens is 2. The van der Waals surface area contributed by atoms with Crippen molar-refractivity contribution in [1.82, 2.24) is 20.0 Å². The molecule has 4 amide bonds. The van der Waals surface area contributed by atoms with E-state index in [1.807, 2.05) is 30.5 Å². The summed E-state index contributed by atoms with van der Waals surface area (Å²) in [5.41, 5.74) is 0.817. The number of anilines is 2. The summed E-state index contributed by atoms with van der Waals surface area (Å²) in [6.07, 6.45) is 1.28. The number of alkyl halides is 3. The number of hydrogen-bond acceptors (Lipinski definition) is 5. The SMILES string of the molecule is O=C1CCN(c2ccc(C#CC3CN(Cc4cnn(C5(C(=O)Nc6ccc(C(F)(F)F)cc6Cl)CCC5)c4)C3)cc2)C(=O)N1. The van der Waals surface area contributed by atoms with Gasteiger partial charge in [0.25, 0.3) is 5.91 Å². The maximum Gasteiger partial charge on any atom is 0.416 e. The lowest BCUT2D eigenvalue weighted by molar-refractivity contribution is -0.137. The van der Waals surface area contributed by atoms with Gasteiger partial charge < -0.3 is 5.32 Å². The molecule has 44 heavy (non-hydrogen) atoms. The summed E-state index contributed by atoms with van der Waals surface area (Å²) < 4.78 is 40.6. The zero-order valence-corrected chi connectivity index (χ0v) is 24.2. The minimum atomic E-state index is -4.53. The first-order valence-corrected chi connectivity index (χ1v) is 14.6. The van der Waals surface area contributed by atoms with Crippen LogP contribution in [0.1, 0.15) is 42.4 Å². The second kappa shape index (κ2) is 11.6. The summed E-state index contributed by atoms with van der Waals surface area (Å²) in [6.45, 7) is 2.57. The minimum Gasteiger partial charge on any atom is -0.323 e. The first-order valence-electron chi connectivity index (χ1n) is 14.2. The molecule has 1 aromatic heterocycles. The van der Waals surface area contributed by atoms with Gasteiger partial charge in [0.2, 0.25) is 5.91 Å². The number of rotatable bonds is 6. The third-order valence-corrected chi connectivity index (χ3v) is 8.55. The highest BCUT2D eigenvalue weighted by Crippen LogP contribution is 2.41. The zero-order chi connectivity index (χ0) is 31.1. The highest BCUT2D eigenvalue weighted by molar-refractivity contribution is 6.33. The molecule has 9 nitrogen and oxygen atoms in total. The van der Waals surface area contributed by atoms with Gasteiger partial charge >= 0.3 is 12.2 Å². The fourth-order valence-electron chi connectivity index (χ4n) is 5.55. The first-order chi connectivity index (χ1) is 21.0. The Morgan fingerprint density at radius 2 is 1.89 bits per heavy atom. The molecule has 3 heterocycles. The monoisotopic (exact) mass is 624 g/mol. The average Bonchev–Trinajstić information content (AvgIpc) is 3.39. The Hall–Kier alpha value is -4.34. The molecule has 0 atom stereocenters. The van der Waals surface area contributed by atoms with Crippen LogP contribution < -0.4 is 15.5 Å². The summed E-state index contributed by atoms with van der Waals surface area (Å²) >= 11 is 6.06. The van der Waals surface area contributed by atoms with Crippen molar-refractivity contribution in [2.24, 2.45) is 5.92 Å². The van der Waals surface area contributed by atoms with Gasteiger partial charge in [0, 0.05) is 61.5 Å². The summed E-state index contributed by atoms with van der Waals surface area (Å²) in [6, 6.07) is 9.79. The second-order valence-corrected chi connectivity index (χ2v) is 11.7. The molecule has 3 fully saturated rings. The van der Waals surface area contributed by atoms with Crippen molar-refractivity contribution in [3.05, 3.63) is 76.6 Å². The first kappa shape index (κ1) is 29.7. The van der Waals surface area contributed by atoms with Crippen LogP contribution in [-0.2, 0) is 27.8 Å². The number of imide groups is 1. The predicted octanol–water partition coefficient (Wildman–Crippen LogP) is 5.00. The second-order valence-electron chi connectivity index (χ2n) is 11.3. The van der Waals surface area contributed by atoms with E-state index < -0.39 is 23.3 Å². The molecule has 2 aromatic carbocycles. The van der Waals surface area contributed by atoms with E-state index in [0.29, 0.717) is 31.6 Å². The van der Waals surface area contributed by atoms with Gasteiger partial charge in [-0.3, -0.25) is 29.4 Å². The van der Waals surface area contributed by atoms with E-state index in [1.54, 1.807) is 10.9 Å². The third-order valence-electron chi connectivity index (χ3n) is 8.24. The highest BCUT2D eigenvalue weighted by Gasteiger charge is 2.47. The summed E-state index contributed by atoms with van der Waals surface area (Å²) in [5.74, 6) is 6.06. The van der Waals surface area contributed by atoms with E-state index in [0.717, 1.165) is 42.8 Å². The van der Waals surface area contributed by atoms with Gasteiger partial charge in [-0.1, -0.05) is 23.4 Å². The lowest BCUT2D eigenvalue weighted by Crippen LogP contribution is -2.51. The van der Waals surface area contributed by atoms with E-state index in [1.165, 1.54) is 11.0 Å². The molecule has 228 valence electrons. The Morgan fingerprint density at radius 3 is 2.52 bits per heavy atom. The normalized spacial score (nSPS) is 18.5. The highest BCUT2D eigenvalue weighted by atomic mass is 35.5. The number of nitrogens with zero attached hydrogens (tertiary/aromatic N) is 4. The van der Waals surface area contributed by atoms with Crippen molar-refractivity contribution >= 4 is 40.8 Å². The number of urea groups is 1. The summed E-state index contributed by atoms with van der Waals surface area (Å²) in [7, 11) is 0. The number of carbonyl (C=O) groups excluding carboxylic acids is 3. The van der Waals surface area contributed by atoms with Crippen LogP contribution in [0.2, 0.25) is 5.02 Å². The van der Waals surface area contributed by atoms with Crippen LogP contribution in [0, 0.1) is 17.8 Å². The number of benzene rings is 2. The van der Waals surface area contributed by atoms with Crippen molar-refractivity contribution in [3.63, 3.8) is 0 Å². The average molecular weight is 625 g/mol. The Morgan fingerprint density at radius 1 is 1.14 bits per heavy atom. The molecule has 13 heteroatoms. The number of halogens is 4. The van der Waals surface area contributed by atoms with Gasteiger partial charge in [0.1, 0.15) is 5.54 Å². The van der Waals surface area contributed by atoms with Crippen LogP contribution in [0.3, 0.4) is 0 Å². The van der Waals surface area contributed by atoms with Crippen LogP contribution in [0.5, 0.6) is 0 Å². The van der Waals surface area contributed by atoms with E-state index in [9.17, 15) is 27.6 Å². The number of nitrogens with one attached hydrogen (secondary N) is 2. The Labute approximate surface area is 256 Å². The molecule has 2 aliphatic heterocycles. The largest absolute Gasteiger partial charge is 0.416 e. The molecule has 2 N–H and O–H groups in total. The number of amides is 4. The van der Waals surface area contributed by atoms with E-state index >= 15 is 0 Å².